The van der Waals surface area contributed by atoms with Crippen molar-refractivity contribution < 1.29 is 32.2 Å². The second kappa shape index (κ2) is 28.5. The summed E-state index contributed by atoms with van der Waals surface area (Å²) in [6.07, 6.45) is 1.87. The van der Waals surface area contributed by atoms with Gasteiger partial charge in [0.15, 0.2) is 47.1 Å². The number of halogens is 1. The van der Waals surface area contributed by atoms with Crippen LogP contribution in [0.25, 0.3) is 10.2 Å². The van der Waals surface area contributed by atoms with Crippen molar-refractivity contribution in [3.05, 3.63) is 142 Å². The van der Waals surface area contributed by atoms with E-state index < -0.39 is 36.5 Å². The van der Waals surface area contributed by atoms with Crippen molar-refractivity contribution in [2.24, 2.45) is 4.99 Å². The first-order chi connectivity index (χ1) is 39.3. The molecule has 0 aliphatic carbocycles. The zero-order valence-corrected chi connectivity index (χ0v) is 56.2. The maximum atomic E-state index is 15.2. The largest absolute Gasteiger partial charge is 0.491 e. The molecule has 0 aliphatic rings. The second-order valence-electron chi connectivity index (χ2n) is 25.1. The zero-order chi connectivity index (χ0) is 60.2. The van der Waals surface area contributed by atoms with Crippen molar-refractivity contribution in [1.82, 2.24) is 24.6 Å². The van der Waals surface area contributed by atoms with Crippen molar-refractivity contribution in [2.45, 2.75) is 136 Å². The molecule has 0 aliphatic heterocycles. The quantitative estimate of drug-likeness (QED) is 0.0223. The van der Waals surface area contributed by atoms with Crippen molar-refractivity contribution in [2.75, 3.05) is 59.0 Å². The number of carbonyl (C=O) groups is 1. The van der Waals surface area contributed by atoms with Crippen LogP contribution in [0.1, 0.15) is 87.3 Å². The van der Waals surface area contributed by atoms with Crippen LogP contribution in [0, 0.1) is 24.6 Å². The fourth-order valence-electron chi connectivity index (χ4n) is 9.27. The van der Waals surface area contributed by atoms with E-state index in [-0.39, 0.29) is 34.2 Å². The Kier molecular flexibility index (Phi) is 22.3. The van der Waals surface area contributed by atoms with Gasteiger partial charge >= 0.3 is 5.97 Å². The van der Waals surface area contributed by atoms with E-state index in [0.29, 0.717) is 85.9 Å². The molecular formula is C64H86FN7O6S2Si3. The van der Waals surface area contributed by atoms with Crippen LogP contribution in [0.4, 0.5) is 21.2 Å². The minimum Gasteiger partial charge on any atom is -0.491 e. The molecule has 0 amide bonds. The number of nitrogens with zero attached hydrogens (tertiary/aromatic N) is 7. The van der Waals surface area contributed by atoms with Gasteiger partial charge in [-0.2, -0.15) is 4.99 Å². The average molecular weight is 1220 g/mol. The molecule has 7 aromatic rings. The van der Waals surface area contributed by atoms with Crippen LogP contribution in [0.15, 0.2) is 114 Å². The molecule has 3 heterocycles. The van der Waals surface area contributed by atoms with Crippen LogP contribution in [-0.2, 0) is 31.5 Å². The lowest BCUT2D eigenvalue weighted by atomic mass is 10.2. The first kappa shape index (κ1) is 64.9. The highest BCUT2D eigenvalue weighted by atomic mass is 32.1. The van der Waals surface area contributed by atoms with Crippen LogP contribution in [0.2, 0.25) is 48.9 Å². The van der Waals surface area contributed by atoms with E-state index in [4.69, 9.17) is 43.2 Å². The summed E-state index contributed by atoms with van der Waals surface area (Å²) in [7, 11) is -1.35. The molecule has 83 heavy (non-hydrogen) atoms. The topological polar surface area (TPSA) is 126 Å². The summed E-state index contributed by atoms with van der Waals surface area (Å²) in [5, 5.41) is 12.4. The molecule has 1 unspecified atom stereocenters. The number of hydrogen-bond acceptors (Lipinski definition) is 14. The van der Waals surface area contributed by atoms with Crippen LogP contribution in [0.5, 0.6) is 5.75 Å². The van der Waals surface area contributed by atoms with Crippen molar-refractivity contribution in [3.8, 4) is 17.6 Å². The van der Waals surface area contributed by atoms with E-state index in [1.165, 1.54) is 34.9 Å². The molecule has 0 radical (unpaired) electrons. The molecule has 1 atom stereocenters. The molecule has 3 aromatic heterocycles. The van der Waals surface area contributed by atoms with Gasteiger partial charge in [-0.3, -0.25) is 9.47 Å². The number of methoxy groups -OCH3 is 1. The van der Waals surface area contributed by atoms with Crippen LogP contribution in [-0.4, -0.2) is 116 Å². The Morgan fingerprint density at radius 3 is 2.12 bits per heavy atom. The third-order valence-corrected chi connectivity index (χ3v) is 28.5. The Labute approximate surface area is 503 Å². The number of para-hydroxylation sites is 1. The molecule has 0 saturated carbocycles. The maximum Gasteiger partial charge on any atom is 0.357 e. The minimum absolute atomic E-state index is 0.0198. The van der Waals surface area contributed by atoms with Crippen molar-refractivity contribution in [3.63, 3.8) is 0 Å². The number of ether oxygens (including phenoxy) is 3. The second-order valence-corrected chi connectivity index (χ2v) is 41.9. The van der Waals surface area contributed by atoms with E-state index >= 15 is 4.39 Å². The summed E-state index contributed by atoms with van der Waals surface area (Å²) in [4.78, 5) is 29.3. The smallest absolute Gasteiger partial charge is 0.357 e. The third kappa shape index (κ3) is 17.0. The number of aromatic nitrogens is 4. The summed E-state index contributed by atoms with van der Waals surface area (Å²) < 4.78 is 51.0. The van der Waals surface area contributed by atoms with E-state index in [0.717, 1.165) is 26.6 Å². The fourth-order valence-corrected chi connectivity index (χ4v) is 17.9. The van der Waals surface area contributed by atoms with Gasteiger partial charge in [-0.15, -0.1) is 21.5 Å². The molecule has 4 aromatic carbocycles. The van der Waals surface area contributed by atoms with Gasteiger partial charge in [-0.25, -0.2) is 14.2 Å². The van der Waals surface area contributed by atoms with E-state index in [9.17, 15) is 4.79 Å². The Bertz CT molecular complexity index is 3360. The predicted molar refractivity (Wildman–Crippen MR) is 347 cm³/mol. The molecule has 19 heteroatoms. The van der Waals surface area contributed by atoms with Gasteiger partial charge in [-0.1, -0.05) is 157 Å². The fraction of sp³-hybridized carbons (Fsp3) is 0.453. The normalized spacial score (nSPS) is 13.1. The average Bonchev–Trinajstić information content (AvgIpc) is 4.03. The van der Waals surface area contributed by atoms with Gasteiger partial charge < -0.3 is 28.0 Å². The van der Waals surface area contributed by atoms with E-state index in [1.807, 2.05) is 49.0 Å². The molecule has 7 rings (SSSR count). The number of esters is 1. The monoisotopic (exact) mass is 1220 g/mol. The zero-order valence-electron chi connectivity index (χ0n) is 51.5. The SMILES string of the molecule is COC(=O)c1nc(N(CCCC(CO[Si](C)(C)C(C)(C)C)O[Si](c2ccccc2)(c2ccccc2)C(C)(C)C)c2cc(C)c(/N=c3\sc4ccccc4n3COCC[Si](C)(C)C)nn2)sc1CCCOc1ccc(C#CCN(C)C)cc1F. The summed E-state index contributed by atoms with van der Waals surface area (Å²) in [6, 6.07) is 37.5. The van der Waals surface area contributed by atoms with Gasteiger partial charge in [-0.05, 0) is 128 Å². The molecule has 0 spiro atoms. The van der Waals surface area contributed by atoms with Gasteiger partial charge in [0, 0.05) is 31.7 Å². The lowest BCUT2D eigenvalue weighted by Crippen LogP contribution is -2.68. The van der Waals surface area contributed by atoms with Crippen LogP contribution in [0.3, 0.4) is 0 Å². The highest BCUT2D eigenvalue weighted by molar-refractivity contribution is 7.16. The highest BCUT2D eigenvalue weighted by Gasteiger charge is 2.52. The summed E-state index contributed by atoms with van der Waals surface area (Å²) in [5.41, 5.74) is 2.63. The Balaban J connectivity index is 1.25. The lowest BCUT2D eigenvalue weighted by molar-refractivity contribution is 0.0593. The van der Waals surface area contributed by atoms with Gasteiger partial charge in [0.1, 0.15) is 6.73 Å². The summed E-state index contributed by atoms with van der Waals surface area (Å²) >= 11 is 2.98. The lowest BCUT2D eigenvalue weighted by Gasteiger charge is -2.46. The number of fused-ring (bicyclic) bond motifs is 1. The number of rotatable bonds is 26. The first-order valence-electron chi connectivity index (χ1n) is 28.7. The van der Waals surface area contributed by atoms with Gasteiger partial charge in [0.2, 0.25) is 0 Å². The number of carbonyl (C=O) groups excluding carboxylic acids is 1. The first-order valence-corrected chi connectivity index (χ1v) is 38.9. The van der Waals surface area contributed by atoms with Crippen LogP contribution >= 0.6 is 22.7 Å². The molecule has 0 bridgehead atoms. The number of aryl methyl sites for hydroxylation is 2. The van der Waals surface area contributed by atoms with Crippen molar-refractivity contribution >= 4 is 90.7 Å². The van der Waals surface area contributed by atoms with E-state index in [2.05, 4.69) is 163 Å². The van der Waals surface area contributed by atoms with E-state index in [1.54, 1.807) is 23.5 Å². The number of thiazole rings is 2. The Hall–Kier alpha value is -5.67. The minimum atomic E-state index is -3.03. The molecule has 444 valence electrons. The number of benzene rings is 4. The van der Waals surface area contributed by atoms with Crippen molar-refractivity contribution in [1.29, 1.82) is 0 Å². The summed E-state index contributed by atoms with van der Waals surface area (Å²) in [6.45, 7) is 30.0. The molecule has 0 fully saturated rings. The molecule has 0 saturated heterocycles. The third-order valence-electron chi connectivity index (χ3n) is 15.0. The molecular weight excluding hydrogens is 1130 g/mol. The number of anilines is 2. The molecule has 13 nitrogen and oxygen atoms in total. The number of hydrogen-bond donors (Lipinski definition) is 0. The van der Waals surface area contributed by atoms with Crippen LogP contribution < -0.4 is 24.8 Å². The maximum absolute atomic E-state index is 15.2. The summed E-state index contributed by atoms with van der Waals surface area (Å²) in [5.74, 6) is 6.17. The standard InChI is InChI=1S/C64H86FN7O6S2Si3/c1-47-43-57(68-69-59(47)67-62-72(46-75-41-42-81(11,12)13)53-33-22-23-34-55(53)79-62)71(61-66-58(60(73)74-10)56(80-61)35-26-40-76-54-37-36-48(44-52(54)65)27-24-38-70(8)9)39-25-28-49(45-77-82(14,15)63(2,3)4)78-83(64(5,6)7,50-29-18-16-19-30-50)51-31-20-17-21-32-51/h16-23,29-34,36-37,43-44,49H,25-26,28,35,38-42,45-46H2,1-15H3/b67-62-. The Morgan fingerprint density at radius 1 is 0.831 bits per heavy atom. The van der Waals surface area contributed by atoms with Gasteiger partial charge in [0.05, 0.1) is 43.2 Å². The predicted octanol–water partition coefficient (Wildman–Crippen LogP) is 13.5. The highest BCUT2D eigenvalue weighted by Crippen LogP contribution is 2.41. The molecule has 0 N–H and O–H groups in total. The van der Waals surface area contributed by atoms with Gasteiger partial charge in [0.25, 0.3) is 8.32 Å². The Morgan fingerprint density at radius 2 is 1.51 bits per heavy atom.